The van der Waals surface area contributed by atoms with Crippen LogP contribution in [0.2, 0.25) is 0 Å². The molecule has 4 rings (SSSR count). The highest BCUT2D eigenvalue weighted by molar-refractivity contribution is 5.85. The number of anilines is 1. The maximum atomic E-state index is 8.36. The minimum Gasteiger partial charge on any atom is -0.483 e. The van der Waals surface area contributed by atoms with Crippen LogP contribution in [0.5, 0.6) is 0 Å². The molecular weight excluding hydrogens is 344 g/mol. The van der Waals surface area contributed by atoms with Gasteiger partial charge in [0.2, 0.25) is 0 Å². The first-order chi connectivity index (χ1) is 13.0. The lowest BCUT2D eigenvalue weighted by Gasteiger charge is -2.28. The molecule has 0 saturated carbocycles. The van der Waals surface area contributed by atoms with Gasteiger partial charge in [0.15, 0.2) is 5.65 Å². The Kier molecular flexibility index (Phi) is 5.71. The van der Waals surface area contributed by atoms with Crippen LogP contribution in [0.15, 0.2) is 30.3 Å². The second-order valence-corrected chi connectivity index (χ2v) is 6.48. The van der Waals surface area contributed by atoms with Gasteiger partial charge in [-0.3, -0.25) is 9.48 Å². The van der Waals surface area contributed by atoms with Crippen molar-refractivity contribution in [2.24, 2.45) is 7.05 Å². The van der Waals surface area contributed by atoms with Crippen LogP contribution < -0.4 is 4.90 Å². The van der Waals surface area contributed by atoms with Crippen molar-refractivity contribution in [3.8, 4) is 11.3 Å². The Morgan fingerprint density at radius 2 is 1.78 bits per heavy atom. The van der Waals surface area contributed by atoms with E-state index in [0.717, 1.165) is 54.3 Å². The van der Waals surface area contributed by atoms with E-state index in [0.29, 0.717) is 0 Å². The number of aromatic nitrogens is 3. The SMILES string of the molecule is Cc1cc(-c2ccc(N3CCOCC3)cc2)nc2c1c(C)nn2C.O=CO. The third-order valence-corrected chi connectivity index (χ3v) is 4.71. The third kappa shape index (κ3) is 3.93. The molecule has 0 radical (unpaired) electrons. The van der Waals surface area contributed by atoms with Gasteiger partial charge < -0.3 is 14.7 Å². The van der Waals surface area contributed by atoms with E-state index in [-0.39, 0.29) is 6.47 Å². The molecule has 0 spiro atoms. The second-order valence-electron chi connectivity index (χ2n) is 6.48. The number of hydrogen-bond acceptors (Lipinski definition) is 5. The van der Waals surface area contributed by atoms with Crippen molar-refractivity contribution in [1.29, 1.82) is 0 Å². The number of rotatable bonds is 2. The van der Waals surface area contributed by atoms with E-state index >= 15 is 0 Å². The van der Waals surface area contributed by atoms with Crippen LogP contribution in [0.4, 0.5) is 5.69 Å². The van der Waals surface area contributed by atoms with Crippen LogP contribution >= 0.6 is 0 Å². The molecule has 27 heavy (non-hydrogen) atoms. The monoisotopic (exact) mass is 368 g/mol. The fourth-order valence-corrected chi connectivity index (χ4v) is 3.47. The van der Waals surface area contributed by atoms with Crippen molar-refractivity contribution in [2.75, 3.05) is 31.2 Å². The van der Waals surface area contributed by atoms with Crippen molar-refractivity contribution >= 4 is 23.2 Å². The molecule has 0 bridgehead atoms. The normalized spacial score (nSPS) is 14.0. The molecule has 1 fully saturated rings. The van der Waals surface area contributed by atoms with Crippen molar-refractivity contribution in [2.45, 2.75) is 13.8 Å². The Labute approximate surface area is 158 Å². The highest BCUT2D eigenvalue weighted by atomic mass is 16.5. The summed E-state index contributed by atoms with van der Waals surface area (Å²) in [5.41, 5.74) is 6.58. The molecule has 7 heteroatoms. The molecule has 0 unspecified atom stereocenters. The van der Waals surface area contributed by atoms with Gasteiger partial charge in [0.25, 0.3) is 6.47 Å². The fraction of sp³-hybridized carbons (Fsp3) is 0.350. The number of aryl methyl sites for hydroxylation is 3. The summed E-state index contributed by atoms with van der Waals surface area (Å²) >= 11 is 0. The highest BCUT2D eigenvalue weighted by Crippen LogP contribution is 2.27. The molecule has 0 aliphatic carbocycles. The summed E-state index contributed by atoms with van der Waals surface area (Å²) in [5, 5.41) is 12.5. The zero-order valence-electron chi connectivity index (χ0n) is 15.8. The van der Waals surface area contributed by atoms with Crippen molar-refractivity contribution in [1.82, 2.24) is 14.8 Å². The van der Waals surface area contributed by atoms with Gasteiger partial charge in [0, 0.05) is 36.8 Å². The largest absolute Gasteiger partial charge is 0.483 e. The van der Waals surface area contributed by atoms with Gasteiger partial charge in [-0.1, -0.05) is 12.1 Å². The van der Waals surface area contributed by atoms with E-state index in [4.69, 9.17) is 19.6 Å². The zero-order chi connectivity index (χ0) is 19.4. The number of benzene rings is 1. The number of morpholine rings is 1. The number of carbonyl (C=O) groups is 1. The van der Waals surface area contributed by atoms with Crippen LogP contribution in [0, 0.1) is 13.8 Å². The minimum absolute atomic E-state index is 0.250. The van der Waals surface area contributed by atoms with E-state index in [1.165, 1.54) is 11.3 Å². The quantitative estimate of drug-likeness (QED) is 0.701. The minimum atomic E-state index is -0.250. The van der Waals surface area contributed by atoms with Crippen molar-refractivity contribution in [3.05, 3.63) is 41.6 Å². The van der Waals surface area contributed by atoms with E-state index < -0.39 is 0 Å². The molecule has 1 saturated heterocycles. The molecule has 1 aliphatic heterocycles. The van der Waals surface area contributed by atoms with E-state index in [1.807, 2.05) is 18.7 Å². The Hall–Kier alpha value is -2.93. The smallest absolute Gasteiger partial charge is 0.290 e. The molecule has 3 aromatic rings. The fourth-order valence-electron chi connectivity index (χ4n) is 3.47. The van der Waals surface area contributed by atoms with Crippen molar-refractivity contribution < 1.29 is 14.6 Å². The van der Waals surface area contributed by atoms with Gasteiger partial charge in [0.05, 0.1) is 24.6 Å². The Balaban J connectivity index is 0.000000659. The topological polar surface area (TPSA) is 80.5 Å². The maximum Gasteiger partial charge on any atom is 0.290 e. The average molecular weight is 368 g/mol. The number of carboxylic acid groups (broad SMARTS) is 1. The first-order valence-electron chi connectivity index (χ1n) is 8.87. The standard InChI is InChI=1S/C19H22N4O.CH2O2/c1-13-12-17(20-19-18(13)14(2)21-22(19)3)15-4-6-16(7-5-15)23-8-10-24-11-9-23;2-1-3/h4-7,12H,8-11H2,1-3H3;1H,(H,2,3). The number of pyridine rings is 1. The summed E-state index contributed by atoms with van der Waals surface area (Å²) < 4.78 is 7.29. The molecule has 7 nitrogen and oxygen atoms in total. The van der Waals surface area contributed by atoms with Crippen molar-refractivity contribution in [3.63, 3.8) is 0 Å². The summed E-state index contributed by atoms with van der Waals surface area (Å²) in [6, 6.07) is 10.8. The lowest BCUT2D eigenvalue weighted by Crippen LogP contribution is -2.36. The number of ether oxygens (including phenoxy) is 1. The number of hydrogen-bond donors (Lipinski definition) is 1. The first kappa shape index (κ1) is 18.8. The van der Waals surface area contributed by atoms with Crippen LogP contribution in [-0.2, 0) is 16.6 Å². The van der Waals surface area contributed by atoms with Gasteiger partial charge in [-0.05, 0) is 37.6 Å². The van der Waals surface area contributed by atoms with Crippen LogP contribution in [0.1, 0.15) is 11.3 Å². The van der Waals surface area contributed by atoms with E-state index in [1.54, 1.807) is 0 Å². The van der Waals surface area contributed by atoms with Gasteiger partial charge in [-0.2, -0.15) is 5.10 Å². The first-order valence-corrected chi connectivity index (χ1v) is 8.87. The number of nitrogens with zero attached hydrogens (tertiary/aromatic N) is 4. The summed E-state index contributed by atoms with van der Waals surface area (Å²) in [6.45, 7) is 7.43. The Morgan fingerprint density at radius 3 is 2.41 bits per heavy atom. The van der Waals surface area contributed by atoms with E-state index in [9.17, 15) is 0 Å². The molecule has 0 atom stereocenters. The second kappa shape index (κ2) is 8.18. The van der Waals surface area contributed by atoms with Gasteiger partial charge in [-0.25, -0.2) is 4.98 Å². The third-order valence-electron chi connectivity index (χ3n) is 4.71. The molecular formula is C20H24N4O3. The molecule has 142 valence electrons. The average Bonchev–Trinajstić information content (AvgIpc) is 2.97. The molecule has 0 amide bonds. The molecule has 1 N–H and O–H groups in total. The highest BCUT2D eigenvalue weighted by Gasteiger charge is 2.13. The summed E-state index contributed by atoms with van der Waals surface area (Å²) in [4.78, 5) is 15.6. The predicted molar refractivity (Wildman–Crippen MR) is 105 cm³/mol. The lowest BCUT2D eigenvalue weighted by molar-refractivity contribution is -0.122. The number of fused-ring (bicyclic) bond motifs is 1. The van der Waals surface area contributed by atoms with Crippen LogP contribution in [0.25, 0.3) is 22.3 Å². The summed E-state index contributed by atoms with van der Waals surface area (Å²) in [6.07, 6.45) is 0. The van der Waals surface area contributed by atoms with E-state index in [2.05, 4.69) is 47.3 Å². The lowest BCUT2D eigenvalue weighted by atomic mass is 10.1. The van der Waals surface area contributed by atoms with Gasteiger partial charge >= 0.3 is 0 Å². The molecule has 1 aliphatic rings. The van der Waals surface area contributed by atoms with Gasteiger partial charge in [-0.15, -0.1) is 0 Å². The Bertz CT molecular complexity index is 929. The summed E-state index contributed by atoms with van der Waals surface area (Å²) in [5.74, 6) is 0. The molecule has 2 aromatic heterocycles. The molecule has 1 aromatic carbocycles. The molecule has 3 heterocycles. The van der Waals surface area contributed by atoms with Crippen LogP contribution in [0.3, 0.4) is 0 Å². The predicted octanol–water partition coefficient (Wildman–Crippen LogP) is 2.79. The summed E-state index contributed by atoms with van der Waals surface area (Å²) in [7, 11) is 1.95. The van der Waals surface area contributed by atoms with Crippen LogP contribution in [-0.4, -0.2) is 52.6 Å². The maximum absolute atomic E-state index is 8.36. The zero-order valence-corrected chi connectivity index (χ0v) is 15.8. The van der Waals surface area contributed by atoms with Gasteiger partial charge in [0.1, 0.15) is 0 Å². The Morgan fingerprint density at radius 1 is 1.15 bits per heavy atom.